The van der Waals surface area contributed by atoms with Gasteiger partial charge in [-0.1, -0.05) is 12.1 Å². The first-order chi connectivity index (χ1) is 19.1. The second kappa shape index (κ2) is 11.6. The van der Waals surface area contributed by atoms with Gasteiger partial charge in [0.15, 0.2) is 28.8 Å². The Morgan fingerprint density at radius 2 is 1.33 bits per heavy atom. The number of hydrogen-bond donors (Lipinski definition) is 0. The first kappa shape index (κ1) is 26.2. The minimum atomic E-state index is 0.527. The molecule has 0 N–H and O–H groups in total. The van der Waals surface area contributed by atoms with E-state index in [9.17, 15) is 0 Å². The maximum absolute atomic E-state index is 5.90. The van der Waals surface area contributed by atoms with Gasteiger partial charge in [0.25, 0.3) is 0 Å². The summed E-state index contributed by atoms with van der Waals surface area (Å²) < 4.78 is 28.1. The van der Waals surface area contributed by atoms with E-state index < -0.39 is 0 Å². The number of para-hydroxylation sites is 2. The third-order valence-corrected chi connectivity index (χ3v) is 6.91. The lowest BCUT2D eigenvalue weighted by Gasteiger charge is -2.37. The molecule has 204 valence electrons. The number of anilines is 2. The molecule has 1 aromatic heterocycles. The molecule has 9 nitrogen and oxygen atoms in total. The van der Waals surface area contributed by atoms with Crippen LogP contribution in [0.1, 0.15) is 6.92 Å². The van der Waals surface area contributed by atoms with E-state index in [1.54, 1.807) is 28.4 Å². The van der Waals surface area contributed by atoms with Gasteiger partial charge in [0, 0.05) is 43.2 Å². The number of aromatic nitrogens is 2. The molecule has 0 saturated carbocycles. The topological polar surface area (TPSA) is 78.4 Å². The van der Waals surface area contributed by atoms with Crippen molar-refractivity contribution in [3.63, 3.8) is 0 Å². The Hall–Kier alpha value is -4.40. The number of ether oxygens (including phenoxy) is 5. The van der Waals surface area contributed by atoms with Gasteiger partial charge >= 0.3 is 0 Å². The molecular formula is C30H34N4O5. The van der Waals surface area contributed by atoms with Crippen LogP contribution in [0.25, 0.3) is 22.3 Å². The van der Waals surface area contributed by atoms with Crippen LogP contribution < -0.4 is 33.5 Å². The Bertz CT molecular complexity index is 1450. The summed E-state index contributed by atoms with van der Waals surface area (Å²) in [6.07, 6.45) is 0. The summed E-state index contributed by atoms with van der Waals surface area (Å²) in [5, 5.41) is 0.911. The molecule has 0 atom stereocenters. The predicted molar refractivity (Wildman–Crippen MR) is 153 cm³/mol. The molecule has 0 unspecified atom stereocenters. The minimum Gasteiger partial charge on any atom is -0.495 e. The van der Waals surface area contributed by atoms with Crippen molar-refractivity contribution in [1.29, 1.82) is 0 Å². The lowest BCUT2D eigenvalue weighted by Crippen LogP contribution is -2.47. The molecule has 1 aliphatic rings. The lowest BCUT2D eigenvalue weighted by atomic mass is 10.1. The van der Waals surface area contributed by atoms with Crippen molar-refractivity contribution in [1.82, 2.24) is 9.97 Å². The van der Waals surface area contributed by atoms with Gasteiger partial charge in [-0.05, 0) is 43.3 Å². The van der Waals surface area contributed by atoms with E-state index in [-0.39, 0.29) is 0 Å². The number of piperazine rings is 1. The van der Waals surface area contributed by atoms with Crippen LogP contribution in [0.5, 0.6) is 28.7 Å². The fourth-order valence-electron chi connectivity index (χ4n) is 4.94. The highest BCUT2D eigenvalue weighted by Gasteiger charge is 2.24. The Kier molecular flexibility index (Phi) is 7.76. The van der Waals surface area contributed by atoms with E-state index in [1.807, 2.05) is 55.5 Å². The van der Waals surface area contributed by atoms with Gasteiger partial charge < -0.3 is 33.5 Å². The summed E-state index contributed by atoms with van der Waals surface area (Å²) in [4.78, 5) is 14.7. The molecule has 39 heavy (non-hydrogen) atoms. The van der Waals surface area contributed by atoms with E-state index in [2.05, 4.69) is 15.9 Å². The molecule has 0 spiro atoms. The van der Waals surface area contributed by atoms with Crippen molar-refractivity contribution < 1.29 is 23.7 Å². The van der Waals surface area contributed by atoms with Crippen molar-refractivity contribution in [3.05, 3.63) is 54.6 Å². The average molecular weight is 531 g/mol. The summed E-state index contributed by atoms with van der Waals surface area (Å²) in [5.41, 5.74) is 2.70. The number of nitrogens with zero attached hydrogens (tertiary/aromatic N) is 4. The van der Waals surface area contributed by atoms with Crippen LogP contribution in [0.15, 0.2) is 54.6 Å². The summed E-state index contributed by atoms with van der Waals surface area (Å²) >= 11 is 0. The maximum atomic E-state index is 5.90. The predicted octanol–water partition coefficient (Wildman–Crippen LogP) is 5.06. The van der Waals surface area contributed by atoms with Crippen LogP contribution in [-0.4, -0.2) is 71.2 Å². The molecule has 0 radical (unpaired) electrons. The second-order valence-corrected chi connectivity index (χ2v) is 9.04. The van der Waals surface area contributed by atoms with Crippen molar-refractivity contribution >= 4 is 22.4 Å². The number of hydrogen-bond acceptors (Lipinski definition) is 9. The van der Waals surface area contributed by atoms with Gasteiger partial charge in [0.1, 0.15) is 11.6 Å². The Morgan fingerprint density at radius 3 is 2.03 bits per heavy atom. The summed E-state index contributed by atoms with van der Waals surface area (Å²) in [7, 11) is 6.59. The number of methoxy groups -OCH3 is 4. The average Bonchev–Trinajstić information content (AvgIpc) is 3.00. The molecule has 9 heteroatoms. The number of rotatable bonds is 9. The SMILES string of the molecule is CCOc1cc2c(N3CCN(c4ccccc4OC)CC3)nc(-c3ccc(OC)c(OC)c3)nc2cc1OC. The third-order valence-electron chi connectivity index (χ3n) is 6.91. The van der Waals surface area contributed by atoms with Gasteiger partial charge in [0.05, 0.1) is 46.3 Å². The normalized spacial score (nSPS) is 13.4. The maximum Gasteiger partial charge on any atom is 0.162 e. The minimum absolute atomic E-state index is 0.527. The van der Waals surface area contributed by atoms with Gasteiger partial charge in [-0.3, -0.25) is 0 Å². The third kappa shape index (κ3) is 5.16. The van der Waals surface area contributed by atoms with E-state index in [0.717, 1.165) is 59.9 Å². The molecule has 5 rings (SSSR count). The zero-order valence-electron chi connectivity index (χ0n) is 23.1. The first-order valence-corrected chi connectivity index (χ1v) is 13.0. The van der Waals surface area contributed by atoms with Crippen molar-refractivity contribution in [2.24, 2.45) is 0 Å². The van der Waals surface area contributed by atoms with Crippen LogP contribution >= 0.6 is 0 Å². The van der Waals surface area contributed by atoms with Gasteiger partial charge in [-0.15, -0.1) is 0 Å². The van der Waals surface area contributed by atoms with Gasteiger partial charge in [0.2, 0.25) is 0 Å². The standard InChI is InChI=1S/C30H34N4O5/c1-6-39-28-18-21-22(19-27(28)38-5)31-29(20-11-12-25(36-3)26(17-20)37-4)32-30(21)34-15-13-33(14-16-34)23-9-7-8-10-24(23)35-2/h7-12,17-19H,6,13-16H2,1-5H3. The Morgan fingerprint density at radius 1 is 0.667 bits per heavy atom. The quantitative estimate of drug-likeness (QED) is 0.295. The smallest absolute Gasteiger partial charge is 0.162 e. The molecule has 0 amide bonds. The van der Waals surface area contributed by atoms with E-state index in [1.165, 1.54) is 0 Å². The van der Waals surface area contributed by atoms with E-state index >= 15 is 0 Å². The number of benzene rings is 3. The molecule has 0 aliphatic carbocycles. The van der Waals surface area contributed by atoms with Gasteiger partial charge in [-0.2, -0.15) is 0 Å². The summed E-state index contributed by atoms with van der Waals surface area (Å²) in [5.74, 6) is 4.90. The molecular weight excluding hydrogens is 496 g/mol. The summed E-state index contributed by atoms with van der Waals surface area (Å²) in [6, 6.07) is 17.7. The molecule has 4 aromatic rings. The van der Waals surface area contributed by atoms with Crippen molar-refractivity contribution in [2.75, 3.05) is 71.0 Å². The number of fused-ring (bicyclic) bond motifs is 1. The molecule has 0 bridgehead atoms. The zero-order chi connectivity index (χ0) is 27.4. The highest BCUT2D eigenvalue weighted by molar-refractivity contribution is 5.94. The monoisotopic (exact) mass is 530 g/mol. The van der Waals surface area contributed by atoms with Crippen LogP contribution in [0, 0.1) is 0 Å². The highest BCUT2D eigenvalue weighted by atomic mass is 16.5. The fraction of sp³-hybridized carbons (Fsp3) is 0.333. The highest BCUT2D eigenvalue weighted by Crippen LogP contribution is 2.39. The molecule has 3 aromatic carbocycles. The van der Waals surface area contributed by atoms with Crippen molar-refractivity contribution in [3.8, 4) is 40.1 Å². The molecule has 1 fully saturated rings. The fourth-order valence-corrected chi connectivity index (χ4v) is 4.94. The van der Waals surface area contributed by atoms with Crippen LogP contribution in [0.2, 0.25) is 0 Å². The second-order valence-electron chi connectivity index (χ2n) is 9.04. The largest absolute Gasteiger partial charge is 0.495 e. The first-order valence-electron chi connectivity index (χ1n) is 13.0. The zero-order valence-corrected chi connectivity index (χ0v) is 23.1. The lowest BCUT2D eigenvalue weighted by molar-refractivity contribution is 0.311. The Balaban J connectivity index is 1.57. The van der Waals surface area contributed by atoms with Gasteiger partial charge in [-0.25, -0.2) is 9.97 Å². The van der Waals surface area contributed by atoms with Crippen molar-refractivity contribution in [2.45, 2.75) is 6.92 Å². The van der Waals surface area contributed by atoms with Crippen LogP contribution in [0.3, 0.4) is 0 Å². The molecule has 2 heterocycles. The molecule has 1 saturated heterocycles. The molecule has 1 aliphatic heterocycles. The van der Waals surface area contributed by atoms with Crippen LogP contribution in [-0.2, 0) is 0 Å². The van der Waals surface area contributed by atoms with E-state index in [0.29, 0.717) is 35.4 Å². The summed E-state index contributed by atoms with van der Waals surface area (Å²) in [6.45, 7) is 5.70. The Labute approximate surface area is 228 Å². The van der Waals surface area contributed by atoms with E-state index in [4.69, 9.17) is 33.7 Å². The van der Waals surface area contributed by atoms with Crippen LogP contribution in [0.4, 0.5) is 11.5 Å².